The number of ether oxygens (including phenoxy) is 1. The lowest BCUT2D eigenvalue weighted by Gasteiger charge is -2.08. The Labute approximate surface area is 98.8 Å². The maximum atomic E-state index is 12.7. The lowest BCUT2D eigenvalue weighted by atomic mass is 10.3. The first-order chi connectivity index (χ1) is 8.20. The summed E-state index contributed by atoms with van der Waals surface area (Å²) in [7, 11) is 0. The third-order valence-electron chi connectivity index (χ3n) is 2.47. The van der Waals surface area contributed by atoms with E-state index in [2.05, 4.69) is 5.10 Å². The lowest BCUT2D eigenvalue weighted by Crippen LogP contribution is -2.07. The molecule has 0 radical (unpaired) electrons. The number of nitrogen functional groups attached to an aromatic ring is 1. The summed E-state index contributed by atoms with van der Waals surface area (Å²) in [6.45, 7) is 3.04. The van der Waals surface area contributed by atoms with E-state index in [9.17, 15) is 4.39 Å². The van der Waals surface area contributed by atoms with Gasteiger partial charge >= 0.3 is 0 Å². The van der Waals surface area contributed by atoms with Crippen LogP contribution < -0.4 is 10.5 Å². The number of aryl methyl sites for hydroxylation is 1. The Hall–Kier alpha value is -2.04. The molecule has 4 nitrogen and oxygen atoms in total. The van der Waals surface area contributed by atoms with Gasteiger partial charge in [0.05, 0.1) is 17.6 Å². The first-order valence-electron chi connectivity index (χ1n) is 5.39. The van der Waals surface area contributed by atoms with Gasteiger partial charge in [0.25, 0.3) is 0 Å². The van der Waals surface area contributed by atoms with Gasteiger partial charge < -0.3 is 10.5 Å². The van der Waals surface area contributed by atoms with Crippen LogP contribution in [0.2, 0.25) is 0 Å². The van der Waals surface area contributed by atoms with E-state index in [0.717, 1.165) is 12.2 Å². The molecule has 0 saturated heterocycles. The number of hydrogen-bond acceptors (Lipinski definition) is 3. The zero-order chi connectivity index (χ0) is 12.3. The fraction of sp³-hybridized carbons (Fsp3) is 0.250. The predicted molar refractivity (Wildman–Crippen MR) is 63.0 cm³/mol. The molecular weight excluding hydrogens is 221 g/mol. The molecule has 0 unspecified atom stereocenters. The number of nitrogens with zero attached hydrogens (tertiary/aromatic N) is 2. The Morgan fingerprint density at radius 1 is 1.35 bits per heavy atom. The second-order valence-electron chi connectivity index (χ2n) is 3.60. The molecule has 1 heterocycles. The molecule has 90 valence electrons. The monoisotopic (exact) mass is 235 g/mol. The van der Waals surface area contributed by atoms with Gasteiger partial charge in [-0.2, -0.15) is 5.10 Å². The minimum atomic E-state index is -0.282. The topological polar surface area (TPSA) is 53.1 Å². The van der Waals surface area contributed by atoms with Crippen molar-refractivity contribution in [1.82, 2.24) is 9.78 Å². The number of benzene rings is 1. The number of nitrogens with two attached hydrogens (primary N) is 1. The van der Waals surface area contributed by atoms with Gasteiger partial charge in [-0.1, -0.05) is 0 Å². The van der Waals surface area contributed by atoms with Crippen LogP contribution in [0.15, 0.2) is 30.5 Å². The molecule has 17 heavy (non-hydrogen) atoms. The van der Waals surface area contributed by atoms with Crippen molar-refractivity contribution in [2.75, 3.05) is 5.73 Å². The Balaban J connectivity index is 2.06. The van der Waals surface area contributed by atoms with Crippen molar-refractivity contribution in [3.63, 3.8) is 0 Å². The highest BCUT2D eigenvalue weighted by Crippen LogP contribution is 2.16. The normalized spacial score (nSPS) is 10.5. The summed E-state index contributed by atoms with van der Waals surface area (Å²) in [5, 5.41) is 4.11. The van der Waals surface area contributed by atoms with Crippen molar-refractivity contribution in [3.05, 3.63) is 42.0 Å². The van der Waals surface area contributed by atoms with Crippen molar-refractivity contribution in [2.45, 2.75) is 20.1 Å². The Bertz CT molecular complexity index is 493. The van der Waals surface area contributed by atoms with Crippen molar-refractivity contribution in [1.29, 1.82) is 0 Å². The molecule has 0 aliphatic heterocycles. The summed E-state index contributed by atoms with van der Waals surface area (Å²) < 4.78 is 20.0. The molecule has 2 N–H and O–H groups in total. The van der Waals surface area contributed by atoms with Crippen LogP contribution in [0.3, 0.4) is 0 Å². The highest BCUT2D eigenvalue weighted by atomic mass is 19.1. The molecule has 0 spiro atoms. The fourth-order valence-electron chi connectivity index (χ4n) is 1.54. The fourth-order valence-corrected chi connectivity index (χ4v) is 1.54. The average Bonchev–Trinajstić information content (AvgIpc) is 2.69. The number of anilines is 1. The summed E-state index contributed by atoms with van der Waals surface area (Å²) in [6, 6.07) is 5.88. The van der Waals surface area contributed by atoms with E-state index in [1.165, 1.54) is 12.1 Å². The smallest absolute Gasteiger partial charge is 0.132 e. The zero-order valence-electron chi connectivity index (χ0n) is 9.56. The van der Waals surface area contributed by atoms with Crippen LogP contribution in [0.1, 0.15) is 12.6 Å². The molecule has 1 aromatic carbocycles. The van der Waals surface area contributed by atoms with E-state index in [0.29, 0.717) is 18.0 Å². The largest absolute Gasteiger partial charge is 0.487 e. The quantitative estimate of drug-likeness (QED) is 0.883. The van der Waals surface area contributed by atoms with Gasteiger partial charge in [0.15, 0.2) is 0 Å². The van der Waals surface area contributed by atoms with Crippen LogP contribution in [-0.2, 0) is 13.2 Å². The van der Waals surface area contributed by atoms with Crippen molar-refractivity contribution in [2.24, 2.45) is 0 Å². The van der Waals surface area contributed by atoms with Gasteiger partial charge in [0.2, 0.25) is 0 Å². The molecule has 0 atom stereocenters. The van der Waals surface area contributed by atoms with Crippen LogP contribution in [-0.4, -0.2) is 9.78 Å². The lowest BCUT2D eigenvalue weighted by molar-refractivity contribution is 0.293. The van der Waals surface area contributed by atoms with E-state index in [1.54, 1.807) is 23.0 Å². The minimum Gasteiger partial charge on any atom is -0.487 e. The highest BCUT2D eigenvalue weighted by Gasteiger charge is 2.07. The van der Waals surface area contributed by atoms with E-state index in [1.807, 2.05) is 6.92 Å². The molecule has 0 saturated carbocycles. The second kappa shape index (κ2) is 4.86. The first kappa shape index (κ1) is 11.4. The highest BCUT2D eigenvalue weighted by molar-refractivity contribution is 5.40. The number of rotatable bonds is 4. The zero-order valence-corrected chi connectivity index (χ0v) is 9.56. The molecule has 0 aliphatic rings. The molecular formula is C12H14FN3O. The van der Waals surface area contributed by atoms with Crippen molar-refractivity contribution < 1.29 is 9.13 Å². The van der Waals surface area contributed by atoms with Gasteiger partial charge in [-0.3, -0.25) is 4.68 Å². The van der Waals surface area contributed by atoms with E-state index >= 15 is 0 Å². The Kier molecular flexibility index (Phi) is 3.27. The molecule has 0 aliphatic carbocycles. The molecule has 0 amide bonds. The molecule has 0 bridgehead atoms. The molecule has 0 fully saturated rings. The Morgan fingerprint density at radius 3 is 2.71 bits per heavy atom. The molecule has 2 rings (SSSR count). The number of aromatic nitrogens is 2. The summed E-state index contributed by atoms with van der Waals surface area (Å²) in [5.41, 5.74) is 7.22. The number of hydrogen-bond donors (Lipinski definition) is 1. The van der Waals surface area contributed by atoms with Gasteiger partial charge in [0.1, 0.15) is 18.2 Å². The van der Waals surface area contributed by atoms with Gasteiger partial charge in [0, 0.05) is 6.54 Å². The first-order valence-corrected chi connectivity index (χ1v) is 5.39. The number of halogens is 1. The minimum absolute atomic E-state index is 0.282. The van der Waals surface area contributed by atoms with Gasteiger partial charge in [-0.25, -0.2) is 4.39 Å². The molecule has 1 aromatic heterocycles. The third kappa shape index (κ3) is 2.55. The van der Waals surface area contributed by atoms with Crippen LogP contribution in [0, 0.1) is 5.82 Å². The predicted octanol–water partition coefficient (Wildman–Crippen LogP) is 2.20. The SMILES string of the molecule is CCn1ncc(N)c1COc1ccc(F)cc1. The van der Waals surface area contributed by atoms with E-state index < -0.39 is 0 Å². The Morgan fingerprint density at radius 2 is 2.06 bits per heavy atom. The molecule has 5 heteroatoms. The summed E-state index contributed by atoms with van der Waals surface area (Å²) >= 11 is 0. The molecule has 2 aromatic rings. The summed E-state index contributed by atoms with van der Waals surface area (Å²) in [5.74, 6) is 0.324. The summed E-state index contributed by atoms with van der Waals surface area (Å²) in [6.07, 6.45) is 1.60. The van der Waals surface area contributed by atoms with E-state index in [-0.39, 0.29) is 5.82 Å². The summed E-state index contributed by atoms with van der Waals surface area (Å²) in [4.78, 5) is 0. The van der Waals surface area contributed by atoms with Crippen LogP contribution in [0.5, 0.6) is 5.75 Å². The van der Waals surface area contributed by atoms with Crippen molar-refractivity contribution >= 4 is 5.69 Å². The van der Waals surface area contributed by atoms with E-state index in [4.69, 9.17) is 10.5 Å². The van der Waals surface area contributed by atoms with Crippen LogP contribution >= 0.6 is 0 Å². The van der Waals surface area contributed by atoms with Gasteiger partial charge in [-0.15, -0.1) is 0 Å². The second-order valence-corrected chi connectivity index (χ2v) is 3.60. The average molecular weight is 235 g/mol. The van der Waals surface area contributed by atoms with Gasteiger partial charge in [-0.05, 0) is 31.2 Å². The van der Waals surface area contributed by atoms with Crippen LogP contribution in [0.4, 0.5) is 10.1 Å². The van der Waals surface area contributed by atoms with Crippen LogP contribution in [0.25, 0.3) is 0 Å². The maximum Gasteiger partial charge on any atom is 0.132 e. The maximum absolute atomic E-state index is 12.7. The third-order valence-corrected chi connectivity index (χ3v) is 2.47. The van der Waals surface area contributed by atoms with Crippen molar-refractivity contribution in [3.8, 4) is 5.75 Å². The standard InChI is InChI=1S/C12H14FN3O/c1-2-16-12(11(14)7-15-16)8-17-10-5-3-9(13)4-6-10/h3-7H,2,8,14H2,1H3.